The Morgan fingerprint density at radius 2 is 1.92 bits per heavy atom. The summed E-state index contributed by atoms with van der Waals surface area (Å²) in [6, 6.07) is 1.62. The van der Waals surface area contributed by atoms with Crippen LogP contribution >= 0.6 is 11.3 Å². The Morgan fingerprint density at radius 3 is 2.38 bits per heavy atom. The maximum absolute atomic E-state index is 12.3. The molecule has 0 radical (unpaired) electrons. The van der Waals surface area contributed by atoms with Crippen LogP contribution in [0, 0.1) is 0 Å². The molecule has 0 N–H and O–H groups in total. The molecule has 6 heteroatoms. The third-order valence-corrected chi connectivity index (χ3v) is 3.07. The van der Waals surface area contributed by atoms with Crippen molar-refractivity contribution in [1.29, 1.82) is 0 Å². The van der Waals surface area contributed by atoms with Gasteiger partial charge in [-0.05, 0) is 24.1 Å². The van der Waals surface area contributed by atoms with E-state index in [0.717, 1.165) is 24.2 Å². The summed E-state index contributed by atoms with van der Waals surface area (Å²) in [5.74, 6) is 0.203. The van der Waals surface area contributed by atoms with Crippen LogP contribution in [0.1, 0.15) is 24.3 Å². The molecule has 1 aliphatic carbocycles. The van der Waals surface area contributed by atoms with Gasteiger partial charge in [0.15, 0.2) is 0 Å². The Kier molecular flexibility index (Phi) is 4.12. The van der Waals surface area contributed by atoms with E-state index in [-0.39, 0.29) is 62.1 Å². The minimum absolute atomic E-state index is 0. The van der Waals surface area contributed by atoms with Crippen LogP contribution in [0.25, 0.3) is 0 Å². The minimum atomic E-state index is -4.77. The first kappa shape index (κ1) is 12.3. The number of rotatable bonds is 2. The molecule has 0 bridgehead atoms. The van der Waals surface area contributed by atoms with Crippen LogP contribution in [0.15, 0.2) is 11.4 Å². The Bertz CT molecular complexity index is 292. The summed E-state index contributed by atoms with van der Waals surface area (Å²) in [6.45, 7) is -4.77. The van der Waals surface area contributed by atoms with Gasteiger partial charge in [0, 0.05) is 0 Å². The first-order valence-corrected chi connectivity index (χ1v) is 4.74. The molecule has 0 spiro atoms. The molecule has 0 atom stereocenters. The Balaban J connectivity index is 0.000000845. The van der Waals surface area contributed by atoms with Gasteiger partial charge in [-0.1, -0.05) is 16.4 Å². The topological polar surface area (TPSA) is 0 Å². The first-order valence-electron chi connectivity index (χ1n) is 3.86. The van der Waals surface area contributed by atoms with E-state index in [1.165, 1.54) is 5.38 Å². The molecule has 2 rings (SSSR count). The Labute approximate surface area is 121 Å². The molecule has 0 nitrogen and oxygen atoms in total. The molecule has 1 aromatic heterocycles. The maximum atomic E-state index is 12.3. The number of halogens is 3. The van der Waals surface area contributed by atoms with E-state index in [9.17, 15) is 12.9 Å². The van der Waals surface area contributed by atoms with Gasteiger partial charge in [-0.15, -0.1) is 0 Å². The summed E-state index contributed by atoms with van der Waals surface area (Å²) in [5.41, 5.74) is 0.535. The smallest absolute Gasteiger partial charge is 0.444 e. The standard InChI is InChI=1S/C7H7BF3S.K/c9-8(10,11)7-6(3-4-12-7)5-1-2-5;/h3-5H,1-2H2;/q-1;+1. The predicted octanol–water partition coefficient (Wildman–Crippen LogP) is -0.316. The molecule has 0 aliphatic heterocycles. The Morgan fingerprint density at radius 1 is 1.31 bits per heavy atom. The molecule has 0 unspecified atom stereocenters. The molecule has 13 heavy (non-hydrogen) atoms. The molecule has 1 fully saturated rings. The van der Waals surface area contributed by atoms with Gasteiger partial charge in [0.2, 0.25) is 0 Å². The van der Waals surface area contributed by atoms with Gasteiger partial charge in [-0.3, -0.25) is 0 Å². The second kappa shape index (κ2) is 4.37. The summed E-state index contributed by atoms with van der Waals surface area (Å²) in [4.78, 5) is 0. The molecular formula is C7H7BF3KS. The van der Waals surface area contributed by atoms with Crippen LogP contribution in [0.5, 0.6) is 0 Å². The van der Waals surface area contributed by atoms with Crippen LogP contribution in [0.2, 0.25) is 0 Å². The monoisotopic (exact) mass is 230 g/mol. The van der Waals surface area contributed by atoms with Crippen molar-refractivity contribution in [3.63, 3.8) is 0 Å². The van der Waals surface area contributed by atoms with Crippen molar-refractivity contribution in [3.05, 3.63) is 17.0 Å². The average molecular weight is 230 g/mol. The van der Waals surface area contributed by atoms with Crippen LogP contribution in [0.4, 0.5) is 12.9 Å². The van der Waals surface area contributed by atoms with Crippen molar-refractivity contribution in [2.75, 3.05) is 0 Å². The quantitative estimate of drug-likeness (QED) is 0.611. The molecule has 1 aromatic rings. The van der Waals surface area contributed by atoms with Gasteiger partial charge in [-0.25, -0.2) is 0 Å². The van der Waals surface area contributed by atoms with Crippen LogP contribution < -0.4 is 56.2 Å². The molecule has 1 saturated carbocycles. The van der Waals surface area contributed by atoms with Gasteiger partial charge in [0.05, 0.1) is 0 Å². The fraction of sp³-hybridized carbons (Fsp3) is 0.429. The molecule has 0 aromatic carbocycles. The van der Waals surface area contributed by atoms with E-state index in [1.807, 2.05) is 0 Å². The maximum Gasteiger partial charge on any atom is 1.00 e. The average Bonchev–Trinajstić information content (AvgIpc) is 2.65. The molecule has 0 saturated heterocycles. The summed E-state index contributed by atoms with van der Waals surface area (Å²) < 4.78 is 36.7. The zero-order valence-electron chi connectivity index (χ0n) is 7.27. The van der Waals surface area contributed by atoms with Crippen molar-refractivity contribution in [1.82, 2.24) is 0 Å². The number of thiophene rings is 1. The summed E-state index contributed by atoms with van der Waals surface area (Å²) in [6.07, 6.45) is 1.85. The van der Waals surface area contributed by atoms with Gasteiger partial charge >= 0.3 is 58.4 Å². The van der Waals surface area contributed by atoms with Crippen LogP contribution in [0.3, 0.4) is 0 Å². The van der Waals surface area contributed by atoms with Crippen molar-refractivity contribution in [2.45, 2.75) is 18.8 Å². The Hall–Kier alpha value is 1.19. The van der Waals surface area contributed by atoms with E-state index in [1.54, 1.807) is 6.07 Å². The molecule has 66 valence electrons. The third-order valence-electron chi connectivity index (χ3n) is 2.04. The second-order valence-corrected chi connectivity index (χ2v) is 4.04. The summed E-state index contributed by atoms with van der Waals surface area (Å²) in [5, 5.41) is 1.54. The van der Waals surface area contributed by atoms with Gasteiger partial charge in [0.25, 0.3) is 0 Å². The second-order valence-electron chi connectivity index (χ2n) is 3.09. The van der Waals surface area contributed by atoms with Crippen molar-refractivity contribution in [2.24, 2.45) is 0 Å². The zero-order chi connectivity index (χ0) is 8.77. The summed E-state index contributed by atoms with van der Waals surface area (Å²) >= 11 is 0.828. The third kappa shape index (κ3) is 2.82. The molecule has 1 aliphatic rings. The number of hydrogen-bond donors (Lipinski definition) is 0. The molecule has 0 amide bonds. The van der Waals surface area contributed by atoms with E-state index < -0.39 is 6.98 Å². The SMILES string of the molecule is F[B-](F)(F)c1sccc1C1CC1.[K+]. The molecular weight excluding hydrogens is 223 g/mol. The largest absolute Gasteiger partial charge is 1.00 e. The van der Waals surface area contributed by atoms with E-state index >= 15 is 0 Å². The zero-order valence-corrected chi connectivity index (χ0v) is 11.2. The molecule has 1 heterocycles. The van der Waals surface area contributed by atoms with E-state index in [0.29, 0.717) is 5.56 Å². The number of hydrogen-bond acceptors (Lipinski definition) is 1. The van der Waals surface area contributed by atoms with Gasteiger partial charge < -0.3 is 12.9 Å². The normalized spacial score (nSPS) is 16.8. The first-order chi connectivity index (χ1) is 5.59. The minimum Gasteiger partial charge on any atom is -0.444 e. The van der Waals surface area contributed by atoms with E-state index in [2.05, 4.69) is 0 Å². The predicted molar refractivity (Wildman–Crippen MR) is 45.0 cm³/mol. The fourth-order valence-corrected chi connectivity index (χ4v) is 2.21. The van der Waals surface area contributed by atoms with Crippen LogP contribution in [-0.2, 0) is 0 Å². The van der Waals surface area contributed by atoms with Gasteiger partial charge in [0.1, 0.15) is 0 Å². The summed E-state index contributed by atoms with van der Waals surface area (Å²) in [7, 11) is 0. The fourth-order valence-electron chi connectivity index (χ4n) is 1.33. The van der Waals surface area contributed by atoms with E-state index in [4.69, 9.17) is 0 Å². The van der Waals surface area contributed by atoms with Crippen LogP contribution in [-0.4, -0.2) is 6.98 Å². The van der Waals surface area contributed by atoms with Crippen molar-refractivity contribution < 1.29 is 64.3 Å². The van der Waals surface area contributed by atoms with Gasteiger partial charge in [-0.2, -0.15) is 11.3 Å². The van der Waals surface area contributed by atoms with Crippen molar-refractivity contribution >= 4 is 23.1 Å². The van der Waals surface area contributed by atoms with Crippen molar-refractivity contribution in [3.8, 4) is 0 Å².